The first-order valence-corrected chi connectivity index (χ1v) is 10.2. The van der Waals surface area contributed by atoms with Crippen molar-refractivity contribution in [2.24, 2.45) is 0 Å². The number of hydrogen-bond donors (Lipinski definition) is 0. The second kappa shape index (κ2) is 7.12. The van der Waals surface area contributed by atoms with Crippen LogP contribution in [0, 0.1) is 0 Å². The fourth-order valence-electron chi connectivity index (χ4n) is 4.81. The summed E-state index contributed by atoms with van der Waals surface area (Å²) in [5.41, 5.74) is 3.62. The first-order valence-electron chi connectivity index (χ1n) is 10.2. The van der Waals surface area contributed by atoms with E-state index in [2.05, 4.69) is 29.2 Å². The molecule has 0 radical (unpaired) electrons. The summed E-state index contributed by atoms with van der Waals surface area (Å²) in [6.45, 7) is 2.69. The minimum atomic E-state index is -0.375. The number of hydrogen-bond acceptors (Lipinski definition) is 4. The zero-order valence-electron chi connectivity index (χ0n) is 16.2. The lowest BCUT2D eigenvalue weighted by atomic mass is 10.1. The zero-order valence-corrected chi connectivity index (χ0v) is 16.2. The molecule has 2 heterocycles. The van der Waals surface area contributed by atoms with E-state index < -0.39 is 0 Å². The summed E-state index contributed by atoms with van der Waals surface area (Å²) < 4.78 is 0. The van der Waals surface area contributed by atoms with Crippen LogP contribution < -0.4 is 0 Å². The van der Waals surface area contributed by atoms with Crippen molar-refractivity contribution in [1.82, 2.24) is 14.7 Å². The minimum Gasteiger partial charge on any atom is -0.339 e. The number of carbonyl (C=O) groups is 3. The lowest BCUT2D eigenvalue weighted by Gasteiger charge is -2.38. The summed E-state index contributed by atoms with van der Waals surface area (Å²) in [7, 11) is 0. The topological polar surface area (TPSA) is 60.9 Å². The lowest BCUT2D eigenvalue weighted by Crippen LogP contribution is -2.52. The molecule has 6 nitrogen and oxygen atoms in total. The normalized spacial score (nSPS) is 21.4. The van der Waals surface area contributed by atoms with Gasteiger partial charge in [-0.2, -0.15) is 0 Å². The monoisotopic (exact) mass is 389 g/mol. The fourth-order valence-corrected chi connectivity index (χ4v) is 4.81. The molecule has 1 fully saturated rings. The summed E-state index contributed by atoms with van der Waals surface area (Å²) >= 11 is 0. The average molecular weight is 389 g/mol. The van der Waals surface area contributed by atoms with E-state index in [9.17, 15) is 14.4 Å². The molecule has 0 spiro atoms. The zero-order chi connectivity index (χ0) is 20.0. The molecule has 2 aromatic rings. The molecule has 3 aliphatic rings. The number of rotatable bonds is 3. The Morgan fingerprint density at radius 1 is 0.862 bits per heavy atom. The van der Waals surface area contributed by atoms with E-state index in [4.69, 9.17) is 0 Å². The minimum absolute atomic E-state index is 0.161. The van der Waals surface area contributed by atoms with Gasteiger partial charge in [0.1, 0.15) is 6.54 Å². The Kier molecular flexibility index (Phi) is 4.43. The maximum absolute atomic E-state index is 12.8. The maximum Gasteiger partial charge on any atom is 0.262 e. The van der Waals surface area contributed by atoms with Crippen LogP contribution in [0.4, 0.5) is 0 Å². The highest BCUT2D eigenvalue weighted by atomic mass is 16.2. The van der Waals surface area contributed by atoms with Crippen LogP contribution in [0.15, 0.2) is 48.5 Å². The third kappa shape index (κ3) is 3.04. The van der Waals surface area contributed by atoms with Crippen molar-refractivity contribution in [1.29, 1.82) is 0 Å². The molecule has 2 aliphatic heterocycles. The molecule has 1 aliphatic carbocycles. The standard InChI is InChI=1S/C23H23N3O3/c27-21(15-26-22(28)18-7-3-4-8-19(18)23(26)29)25-13-11-24(12-14-25)20-10-9-16-5-1-2-6-17(16)20/h1-8,20H,9-15H2. The predicted octanol–water partition coefficient (Wildman–Crippen LogP) is 2.11. The number of aryl methyl sites for hydroxylation is 1. The third-order valence-electron chi connectivity index (χ3n) is 6.38. The molecule has 6 heteroatoms. The molecule has 1 saturated heterocycles. The molecular formula is C23H23N3O3. The number of carbonyl (C=O) groups excluding carboxylic acids is 3. The number of imide groups is 1. The summed E-state index contributed by atoms with van der Waals surface area (Å²) in [4.78, 5) is 43.1. The van der Waals surface area contributed by atoms with Gasteiger partial charge in [-0.3, -0.25) is 24.2 Å². The van der Waals surface area contributed by atoms with Crippen molar-refractivity contribution in [3.05, 3.63) is 70.8 Å². The Balaban J connectivity index is 1.21. The van der Waals surface area contributed by atoms with Crippen molar-refractivity contribution in [3.63, 3.8) is 0 Å². The van der Waals surface area contributed by atoms with Crippen LogP contribution in [0.3, 0.4) is 0 Å². The van der Waals surface area contributed by atoms with Gasteiger partial charge in [0.15, 0.2) is 0 Å². The van der Waals surface area contributed by atoms with Crippen molar-refractivity contribution in [2.75, 3.05) is 32.7 Å². The summed E-state index contributed by atoms with van der Waals surface area (Å²) in [6.07, 6.45) is 2.24. The number of amides is 3. The second-order valence-electron chi connectivity index (χ2n) is 7.91. The van der Waals surface area contributed by atoms with E-state index in [0.29, 0.717) is 30.3 Å². The Morgan fingerprint density at radius 2 is 1.48 bits per heavy atom. The Bertz CT molecular complexity index is 959. The van der Waals surface area contributed by atoms with Gasteiger partial charge in [-0.25, -0.2) is 0 Å². The number of fused-ring (bicyclic) bond motifs is 2. The van der Waals surface area contributed by atoms with Crippen LogP contribution in [0.2, 0.25) is 0 Å². The van der Waals surface area contributed by atoms with Crippen LogP contribution in [0.25, 0.3) is 0 Å². The van der Waals surface area contributed by atoms with Crippen molar-refractivity contribution >= 4 is 17.7 Å². The van der Waals surface area contributed by atoms with Gasteiger partial charge in [0, 0.05) is 32.2 Å². The predicted molar refractivity (Wildman–Crippen MR) is 107 cm³/mol. The molecule has 5 rings (SSSR count). The van der Waals surface area contributed by atoms with Gasteiger partial charge in [-0.05, 0) is 36.1 Å². The fraction of sp³-hybridized carbons (Fsp3) is 0.348. The molecule has 0 saturated carbocycles. The Morgan fingerprint density at radius 3 is 2.17 bits per heavy atom. The van der Waals surface area contributed by atoms with Crippen LogP contribution in [-0.4, -0.2) is 65.1 Å². The third-order valence-corrected chi connectivity index (χ3v) is 6.38. The van der Waals surface area contributed by atoms with Crippen LogP contribution in [0.5, 0.6) is 0 Å². The van der Waals surface area contributed by atoms with Crippen molar-refractivity contribution in [2.45, 2.75) is 18.9 Å². The second-order valence-corrected chi connectivity index (χ2v) is 7.91. The molecule has 0 N–H and O–H groups in total. The summed E-state index contributed by atoms with van der Waals surface area (Å²) in [6, 6.07) is 15.8. The number of benzene rings is 2. The molecule has 0 aromatic heterocycles. The number of nitrogens with zero attached hydrogens (tertiary/aromatic N) is 3. The highest BCUT2D eigenvalue weighted by Gasteiger charge is 2.38. The molecule has 0 bridgehead atoms. The van der Waals surface area contributed by atoms with E-state index >= 15 is 0 Å². The van der Waals surface area contributed by atoms with E-state index in [-0.39, 0.29) is 24.3 Å². The molecule has 2 aromatic carbocycles. The first-order chi connectivity index (χ1) is 14.1. The highest BCUT2D eigenvalue weighted by molar-refractivity contribution is 6.22. The highest BCUT2D eigenvalue weighted by Crippen LogP contribution is 2.36. The van der Waals surface area contributed by atoms with Gasteiger partial charge >= 0.3 is 0 Å². The van der Waals surface area contributed by atoms with Crippen LogP contribution in [0.1, 0.15) is 44.3 Å². The van der Waals surface area contributed by atoms with Crippen LogP contribution in [-0.2, 0) is 11.2 Å². The first kappa shape index (κ1) is 18.1. The van der Waals surface area contributed by atoms with Gasteiger partial charge in [-0.15, -0.1) is 0 Å². The van der Waals surface area contributed by atoms with E-state index in [1.165, 1.54) is 11.1 Å². The molecule has 1 atom stereocenters. The van der Waals surface area contributed by atoms with Gasteiger partial charge in [0.2, 0.25) is 5.91 Å². The van der Waals surface area contributed by atoms with Crippen LogP contribution >= 0.6 is 0 Å². The van der Waals surface area contributed by atoms with Gasteiger partial charge in [-0.1, -0.05) is 36.4 Å². The quantitative estimate of drug-likeness (QED) is 0.755. The van der Waals surface area contributed by atoms with E-state index in [1.807, 2.05) is 0 Å². The van der Waals surface area contributed by atoms with Gasteiger partial charge in [0.05, 0.1) is 11.1 Å². The van der Waals surface area contributed by atoms with Gasteiger partial charge < -0.3 is 4.90 Å². The number of piperazine rings is 1. The van der Waals surface area contributed by atoms with Gasteiger partial charge in [0.25, 0.3) is 11.8 Å². The largest absolute Gasteiger partial charge is 0.339 e. The Hall–Kier alpha value is -2.99. The van der Waals surface area contributed by atoms with E-state index in [0.717, 1.165) is 30.8 Å². The Labute approximate surface area is 169 Å². The smallest absolute Gasteiger partial charge is 0.262 e. The van der Waals surface area contributed by atoms with Crippen molar-refractivity contribution < 1.29 is 14.4 Å². The van der Waals surface area contributed by atoms with Crippen molar-refractivity contribution in [3.8, 4) is 0 Å². The average Bonchev–Trinajstić information content (AvgIpc) is 3.29. The molecule has 29 heavy (non-hydrogen) atoms. The molecular weight excluding hydrogens is 366 g/mol. The SMILES string of the molecule is O=C(CN1C(=O)c2ccccc2C1=O)N1CCN(C2CCc3ccccc32)CC1. The van der Waals surface area contributed by atoms with E-state index in [1.54, 1.807) is 29.2 Å². The maximum atomic E-state index is 12.8. The summed E-state index contributed by atoms with van der Waals surface area (Å²) in [5.74, 6) is -0.911. The molecule has 3 amide bonds. The lowest BCUT2D eigenvalue weighted by molar-refractivity contribution is -0.133. The molecule has 1 unspecified atom stereocenters. The molecule has 148 valence electrons. The summed E-state index contributed by atoms with van der Waals surface area (Å²) in [5, 5.41) is 0.